The fourth-order valence-corrected chi connectivity index (χ4v) is 10.8. The van der Waals surface area contributed by atoms with E-state index in [1.807, 2.05) is 0 Å². The van der Waals surface area contributed by atoms with Gasteiger partial charge < -0.3 is 4.42 Å². The average Bonchev–Trinajstić information content (AvgIpc) is 3.97. The smallest absolute Gasteiger partial charge is 0.294 e. The van der Waals surface area contributed by atoms with Crippen molar-refractivity contribution < 1.29 is 13.6 Å². The number of hydrogen-bond acceptors (Lipinski definition) is 1. The Labute approximate surface area is 355 Å². The van der Waals surface area contributed by atoms with Gasteiger partial charge in [0.2, 0.25) is 0 Å². The molecule has 302 valence electrons. The molecule has 5 aromatic carbocycles. The molecule has 2 unspecified atom stereocenters. The minimum atomic E-state index is 0.0724. The maximum Gasteiger partial charge on any atom is 0.294 e. The van der Waals surface area contributed by atoms with Crippen molar-refractivity contribution in [1.29, 1.82) is 0 Å². The van der Waals surface area contributed by atoms with Crippen molar-refractivity contribution in [3.05, 3.63) is 167 Å². The largest absolute Gasteiger partial charge is 0.456 e. The first-order valence-corrected chi connectivity index (χ1v) is 22.2. The molecule has 2 aliphatic rings. The Kier molecular flexibility index (Phi) is 9.35. The Morgan fingerprint density at radius 3 is 2.02 bits per heavy atom. The van der Waals surface area contributed by atoms with Crippen molar-refractivity contribution in [2.24, 2.45) is 0 Å². The van der Waals surface area contributed by atoms with E-state index in [1.165, 1.54) is 83.9 Å². The molecule has 60 heavy (non-hydrogen) atoms. The predicted molar refractivity (Wildman–Crippen MR) is 246 cm³/mol. The standard InChI is InChI=1S/C55H58N4O/c1-33(2)39-22-16-23-40(34(3)4)51(39)58-30-29-57-50-37(9)32-56-27-28-59(52-46(35(5)6)31-47-43-20-14-15-24-48(43)60-53(47)49(52)36(7)8)54(56)41-18-11-10-17-38(41)25-26-44(50)42-19-12-13-21-45(42)55(57)58/h10-24,27-31,33-36,44,50H,9,25-26,32H2,1-8H3/q+2. The van der Waals surface area contributed by atoms with Crippen molar-refractivity contribution in [3.63, 3.8) is 0 Å². The summed E-state index contributed by atoms with van der Waals surface area (Å²) in [5.41, 5.74) is 16.4. The summed E-state index contributed by atoms with van der Waals surface area (Å²) in [6.45, 7) is 24.3. The third-order valence-electron chi connectivity index (χ3n) is 13.5. The first kappa shape index (κ1) is 38.3. The Hall–Kier alpha value is -5.94. The van der Waals surface area contributed by atoms with Crippen LogP contribution in [-0.2, 0) is 13.0 Å². The minimum Gasteiger partial charge on any atom is -0.456 e. The molecule has 0 aliphatic carbocycles. The van der Waals surface area contributed by atoms with Gasteiger partial charge in [0.1, 0.15) is 59.9 Å². The van der Waals surface area contributed by atoms with E-state index >= 15 is 0 Å². The molecule has 0 bridgehead atoms. The lowest BCUT2D eigenvalue weighted by Crippen LogP contribution is -2.50. The summed E-state index contributed by atoms with van der Waals surface area (Å²) in [6.07, 6.45) is 11.2. The van der Waals surface area contributed by atoms with Gasteiger partial charge in [0.15, 0.2) is 0 Å². The molecular formula is C55H58N4O+2. The van der Waals surface area contributed by atoms with Crippen molar-refractivity contribution in [1.82, 2.24) is 9.13 Å². The molecule has 0 saturated heterocycles. The van der Waals surface area contributed by atoms with Gasteiger partial charge in [-0.2, -0.15) is 9.13 Å². The minimum absolute atomic E-state index is 0.0724. The zero-order valence-electron chi connectivity index (χ0n) is 36.5. The van der Waals surface area contributed by atoms with Crippen LogP contribution in [0, 0.1) is 0 Å². The number of nitrogens with zero attached hydrogens (tertiary/aromatic N) is 4. The van der Waals surface area contributed by atoms with Gasteiger partial charge in [0.05, 0.1) is 11.1 Å². The summed E-state index contributed by atoms with van der Waals surface area (Å²) < 4.78 is 16.8. The summed E-state index contributed by atoms with van der Waals surface area (Å²) >= 11 is 0. The molecule has 8 aromatic rings. The summed E-state index contributed by atoms with van der Waals surface area (Å²) in [5, 5.41) is 2.38. The van der Waals surface area contributed by atoms with Crippen LogP contribution in [0.1, 0.15) is 131 Å². The lowest BCUT2D eigenvalue weighted by atomic mass is 9.77. The number of rotatable bonds is 6. The van der Waals surface area contributed by atoms with Gasteiger partial charge in [-0.1, -0.05) is 135 Å². The molecule has 5 nitrogen and oxygen atoms in total. The van der Waals surface area contributed by atoms with Gasteiger partial charge in [-0.05, 0) is 71.9 Å². The maximum absolute atomic E-state index is 6.79. The molecule has 5 heterocycles. The predicted octanol–water partition coefficient (Wildman–Crippen LogP) is 13.4. The second-order valence-corrected chi connectivity index (χ2v) is 18.6. The lowest BCUT2D eigenvalue weighted by molar-refractivity contribution is -0.722. The number of benzene rings is 5. The van der Waals surface area contributed by atoms with Gasteiger partial charge >= 0.3 is 0 Å². The Morgan fingerprint density at radius 1 is 0.633 bits per heavy atom. The fourth-order valence-electron chi connectivity index (χ4n) is 10.8. The average molecular weight is 791 g/mol. The number of para-hydroxylation sites is 2. The molecular weight excluding hydrogens is 733 g/mol. The van der Waals surface area contributed by atoms with Gasteiger partial charge in [0.25, 0.3) is 11.6 Å². The maximum atomic E-state index is 6.79. The molecule has 0 N–H and O–H groups in total. The number of hydrogen-bond donors (Lipinski definition) is 0. The van der Waals surface area contributed by atoms with Crippen molar-refractivity contribution >= 4 is 21.9 Å². The molecule has 10 rings (SSSR count). The Morgan fingerprint density at radius 2 is 1.28 bits per heavy atom. The van der Waals surface area contributed by atoms with Crippen molar-refractivity contribution in [3.8, 4) is 34.2 Å². The highest BCUT2D eigenvalue weighted by molar-refractivity contribution is 6.07. The summed E-state index contributed by atoms with van der Waals surface area (Å²) in [5.74, 6) is 3.99. The highest BCUT2D eigenvalue weighted by atomic mass is 16.3. The second kappa shape index (κ2) is 14.7. The third kappa shape index (κ3) is 5.87. The number of aromatic nitrogens is 4. The highest BCUT2D eigenvalue weighted by Gasteiger charge is 2.44. The lowest BCUT2D eigenvalue weighted by Gasteiger charge is -2.33. The van der Waals surface area contributed by atoms with Crippen molar-refractivity contribution in [2.45, 2.75) is 110 Å². The molecule has 3 aromatic heterocycles. The van der Waals surface area contributed by atoms with Gasteiger partial charge in [0, 0.05) is 44.5 Å². The molecule has 0 saturated carbocycles. The van der Waals surface area contributed by atoms with Crippen LogP contribution in [0.15, 0.2) is 138 Å². The second-order valence-electron chi connectivity index (χ2n) is 18.6. The van der Waals surface area contributed by atoms with Crippen LogP contribution < -0.4 is 9.13 Å². The van der Waals surface area contributed by atoms with E-state index in [9.17, 15) is 0 Å². The molecule has 0 spiro atoms. The molecule has 0 amide bonds. The van der Waals surface area contributed by atoms with Crippen LogP contribution in [0.3, 0.4) is 0 Å². The first-order chi connectivity index (χ1) is 29.0. The molecule has 5 heteroatoms. The summed E-state index contributed by atoms with van der Waals surface area (Å²) in [4.78, 5) is 0. The first-order valence-electron chi connectivity index (χ1n) is 22.2. The van der Waals surface area contributed by atoms with Crippen LogP contribution in [-0.4, -0.2) is 9.13 Å². The number of fused-ring (bicyclic) bond motifs is 12. The van der Waals surface area contributed by atoms with E-state index in [1.54, 1.807) is 0 Å². The summed E-state index contributed by atoms with van der Waals surface area (Å²) in [7, 11) is 0. The SMILES string of the molecule is C=C1C[n+]2ccn(-c3c(C(C)C)cc4c(oc5ccccc54)c3C(C)C)c2-c2ccccc2CCC2c3ccccc3-c3n(-c4c(C(C)C)cccc4C(C)C)cc[n+]3C12. The zero-order valence-corrected chi connectivity index (χ0v) is 36.5. The van der Waals surface area contributed by atoms with E-state index in [4.69, 9.17) is 11.0 Å². The molecule has 2 atom stereocenters. The van der Waals surface area contributed by atoms with Crippen LogP contribution in [0.2, 0.25) is 0 Å². The molecule has 2 aliphatic heterocycles. The highest BCUT2D eigenvalue weighted by Crippen LogP contribution is 2.47. The molecule has 0 radical (unpaired) electrons. The quantitative estimate of drug-likeness (QED) is 0.122. The van der Waals surface area contributed by atoms with Crippen LogP contribution >= 0.6 is 0 Å². The van der Waals surface area contributed by atoms with E-state index < -0.39 is 0 Å². The van der Waals surface area contributed by atoms with Crippen LogP contribution in [0.4, 0.5) is 0 Å². The number of imidazole rings is 2. The Bertz CT molecular complexity index is 2940. The number of allylic oxidation sites excluding steroid dienone is 1. The van der Waals surface area contributed by atoms with Crippen LogP contribution in [0.25, 0.3) is 56.1 Å². The fraction of sp³-hybridized carbons (Fsp3) is 0.309. The van der Waals surface area contributed by atoms with E-state index in [0.717, 1.165) is 24.0 Å². The topological polar surface area (TPSA) is 30.8 Å². The molecule has 0 fully saturated rings. The number of aryl methyl sites for hydroxylation is 1. The Balaban J connectivity index is 1.19. The van der Waals surface area contributed by atoms with Gasteiger partial charge in [-0.25, -0.2) is 9.13 Å². The monoisotopic (exact) mass is 790 g/mol. The van der Waals surface area contributed by atoms with Crippen LogP contribution in [0.5, 0.6) is 0 Å². The van der Waals surface area contributed by atoms with Crippen molar-refractivity contribution in [2.75, 3.05) is 0 Å². The van der Waals surface area contributed by atoms with E-state index in [2.05, 4.69) is 196 Å². The summed E-state index contributed by atoms with van der Waals surface area (Å²) in [6, 6.07) is 36.2. The van der Waals surface area contributed by atoms with Gasteiger partial charge in [-0.15, -0.1) is 0 Å². The third-order valence-corrected chi connectivity index (χ3v) is 13.5. The van der Waals surface area contributed by atoms with E-state index in [-0.39, 0.29) is 17.9 Å². The normalized spacial score (nSPS) is 16.4. The van der Waals surface area contributed by atoms with Gasteiger partial charge in [-0.3, -0.25) is 0 Å². The number of furan rings is 1. The zero-order chi connectivity index (χ0) is 41.6. The van der Waals surface area contributed by atoms with E-state index in [0.29, 0.717) is 24.3 Å².